The van der Waals surface area contributed by atoms with Crippen molar-refractivity contribution < 1.29 is 9.90 Å². The number of hydrogen-bond donors (Lipinski definition) is 4. The van der Waals surface area contributed by atoms with Crippen LogP contribution in [0.4, 0.5) is 11.5 Å². The third-order valence-corrected chi connectivity index (χ3v) is 7.98. The number of halogens is 1. The van der Waals surface area contributed by atoms with Gasteiger partial charge in [-0.2, -0.15) is 0 Å². The number of anilines is 2. The van der Waals surface area contributed by atoms with Crippen molar-refractivity contribution >= 4 is 40.4 Å². The lowest BCUT2D eigenvalue weighted by molar-refractivity contribution is -0.130. The fourth-order valence-electron chi connectivity index (χ4n) is 5.09. The minimum absolute atomic E-state index is 0.204. The molecule has 1 amide bonds. The first-order chi connectivity index (χ1) is 19.7. The molecule has 208 valence electrons. The van der Waals surface area contributed by atoms with E-state index in [-0.39, 0.29) is 5.54 Å². The molecule has 41 heavy (non-hydrogen) atoms. The Morgan fingerprint density at radius 2 is 1.83 bits per heavy atom. The number of aromatic nitrogens is 4. The van der Waals surface area contributed by atoms with Crippen molar-refractivity contribution in [3.05, 3.63) is 84.6 Å². The van der Waals surface area contributed by atoms with E-state index >= 15 is 0 Å². The Hall–Kier alpha value is -4.31. The number of nitrogen functional groups attached to an aromatic ring is 1. The maximum absolute atomic E-state index is 12.3. The lowest BCUT2D eigenvalue weighted by Gasteiger charge is -2.41. The van der Waals surface area contributed by atoms with E-state index < -0.39 is 11.5 Å². The van der Waals surface area contributed by atoms with Gasteiger partial charge >= 0.3 is 0 Å². The average Bonchev–Trinajstić information content (AvgIpc) is 3.31. The number of aliphatic hydroxyl groups is 1. The standard InChI is InChI=1S/C31H30ClN7O2/c1-30(2,41)29(40)35-21-7-3-6-19(18-21)24-13-14-25-28(36-24)39(27(37-25)23-8-4-17-34-26(23)33)22-11-9-20(10-12-22)31(38-32)15-5-16-31/h3-4,6-14,17-18,38,41H,5,15-16H2,1-2H3,(H2,33,34)(H,35,40). The number of carbonyl (C=O) groups is 1. The van der Waals surface area contributed by atoms with E-state index in [1.165, 1.54) is 13.8 Å². The van der Waals surface area contributed by atoms with Gasteiger partial charge < -0.3 is 16.2 Å². The zero-order valence-electron chi connectivity index (χ0n) is 22.7. The molecule has 0 unspecified atom stereocenters. The first kappa shape index (κ1) is 26.9. The van der Waals surface area contributed by atoms with Gasteiger partial charge in [-0.3, -0.25) is 9.36 Å². The van der Waals surface area contributed by atoms with Gasteiger partial charge in [-0.05, 0) is 99.0 Å². The van der Waals surface area contributed by atoms with Crippen LogP contribution in [-0.2, 0) is 10.3 Å². The number of benzene rings is 2. The Bertz CT molecular complexity index is 1750. The molecule has 0 aliphatic heterocycles. The van der Waals surface area contributed by atoms with Crippen molar-refractivity contribution in [1.82, 2.24) is 24.4 Å². The van der Waals surface area contributed by atoms with E-state index in [1.807, 2.05) is 59.2 Å². The number of fused-ring (bicyclic) bond motifs is 1. The summed E-state index contributed by atoms with van der Waals surface area (Å²) in [4.78, 5) is 29.5. The van der Waals surface area contributed by atoms with Crippen LogP contribution >= 0.6 is 11.8 Å². The largest absolute Gasteiger partial charge is 0.383 e. The van der Waals surface area contributed by atoms with Crippen LogP contribution in [0.3, 0.4) is 0 Å². The number of nitrogens with two attached hydrogens (primary N) is 1. The van der Waals surface area contributed by atoms with E-state index in [0.29, 0.717) is 39.8 Å². The molecule has 0 bridgehead atoms. The Labute approximate surface area is 242 Å². The van der Waals surface area contributed by atoms with Crippen molar-refractivity contribution in [3.8, 4) is 28.3 Å². The molecule has 2 aromatic carbocycles. The molecule has 0 saturated heterocycles. The predicted octanol–water partition coefficient (Wildman–Crippen LogP) is 5.56. The van der Waals surface area contributed by atoms with Gasteiger partial charge in [-0.15, -0.1) is 0 Å². The first-order valence-electron chi connectivity index (χ1n) is 13.4. The summed E-state index contributed by atoms with van der Waals surface area (Å²) in [6, 6.07) is 23.1. The Morgan fingerprint density at radius 1 is 1.05 bits per heavy atom. The second-order valence-corrected chi connectivity index (χ2v) is 11.1. The summed E-state index contributed by atoms with van der Waals surface area (Å²) in [5, 5.41) is 12.8. The van der Waals surface area contributed by atoms with Crippen LogP contribution in [0.2, 0.25) is 0 Å². The van der Waals surface area contributed by atoms with E-state index in [1.54, 1.807) is 12.3 Å². The fraction of sp³-hybridized carbons (Fsp3) is 0.226. The van der Waals surface area contributed by atoms with Crippen LogP contribution < -0.4 is 15.9 Å². The van der Waals surface area contributed by atoms with Crippen molar-refractivity contribution in [2.75, 3.05) is 11.1 Å². The summed E-state index contributed by atoms with van der Waals surface area (Å²) in [5.41, 5.74) is 10.7. The highest BCUT2D eigenvalue weighted by Gasteiger charge is 2.38. The number of carbonyl (C=O) groups excluding carboxylic acids is 1. The molecule has 0 radical (unpaired) electrons. The Morgan fingerprint density at radius 3 is 2.49 bits per heavy atom. The van der Waals surface area contributed by atoms with E-state index in [9.17, 15) is 9.90 Å². The summed E-state index contributed by atoms with van der Waals surface area (Å²) in [5.74, 6) is 0.505. The second-order valence-electron chi connectivity index (χ2n) is 10.9. The van der Waals surface area contributed by atoms with Crippen LogP contribution in [0.15, 0.2) is 79.0 Å². The third-order valence-electron chi connectivity index (χ3n) is 7.62. The first-order valence-corrected chi connectivity index (χ1v) is 13.8. The summed E-state index contributed by atoms with van der Waals surface area (Å²) in [6.07, 6.45) is 4.76. The van der Waals surface area contributed by atoms with Gasteiger partial charge in [0.1, 0.15) is 16.9 Å². The van der Waals surface area contributed by atoms with Gasteiger partial charge in [0.15, 0.2) is 11.5 Å². The highest BCUT2D eigenvalue weighted by Crippen LogP contribution is 2.42. The normalized spacial score (nSPS) is 14.5. The summed E-state index contributed by atoms with van der Waals surface area (Å²) in [7, 11) is 0. The second kappa shape index (κ2) is 10.3. The molecule has 9 nitrogen and oxygen atoms in total. The quantitative estimate of drug-likeness (QED) is 0.189. The van der Waals surface area contributed by atoms with Crippen LogP contribution in [0.1, 0.15) is 38.7 Å². The van der Waals surface area contributed by atoms with Crippen molar-refractivity contribution in [2.45, 2.75) is 44.2 Å². The van der Waals surface area contributed by atoms with Crippen LogP contribution in [0.5, 0.6) is 0 Å². The molecular weight excluding hydrogens is 538 g/mol. The molecule has 5 aromatic rings. The van der Waals surface area contributed by atoms with E-state index in [4.69, 9.17) is 27.5 Å². The number of pyridine rings is 2. The molecule has 0 atom stereocenters. The van der Waals surface area contributed by atoms with Gasteiger partial charge in [0.05, 0.1) is 16.8 Å². The number of imidazole rings is 1. The maximum Gasteiger partial charge on any atom is 0.255 e. The topological polar surface area (TPSA) is 131 Å². The Balaban J connectivity index is 1.47. The molecule has 1 aliphatic carbocycles. The van der Waals surface area contributed by atoms with Crippen LogP contribution in [0, 0.1) is 0 Å². The Kier molecular flexibility index (Phi) is 6.73. The molecule has 1 fully saturated rings. The molecule has 3 aromatic heterocycles. The molecule has 6 rings (SSSR count). The lowest BCUT2D eigenvalue weighted by atomic mass is 9.73. The number of nitrogens with one attached hydrogen (secondary N) is 2. The smallest absolute Gasteiger partial charge is 0.255 e. The van der Waals surface area contributed by atoms with Gasteiger partial charge in [0.25, 0.3) is 5.91 Å². The average molecular weight is 568 g/mol. The molecule has 10 heteroatoms. The summed E-state index contributed by atoms with van der Waals surface area (Å²) >= 11 is 6.14. The maximum atomic E-state index is 12.3. The molecule has 5 N–H and O–H groups in total. The molecule has 0 spiro atoms. The van der Waals surface area contributed by atoms with Crippen molar-refractivity contribution in [1.29, 1.82) is 0 Å². The molecule has 3 heterocycles. The minimum atomic E-state index is -1.50. The zero-order valence-corrected chi connectivity index (χ0v) is 23.5. The number of nitrogens with zero attached hydrogens (tertiary/aromatic N) is 4. The number of rotatable bonds is 7. The van der Waals surface area contributed by atoms with Crippen molar-refractivity contribution in [3.63, 3.8) is 0 Å². The third kappa shape index (κ3) is 4.93. The zero-order chi connectivity index (χ0) is 28.8. The van der Waals surface area contributed by atoms with E-state index in [0.717, 1.165) is 36.1 Å². The fourth-order valence-corrected chi connectivity index (χ4v) is 5.39. The highest BCUT2D eigenvalue weighted by molar-refractivity contribution is 6.14. The number of amides is 1. The number of hydrogen-bond acceptors (Lipinski definition) is 7. The van der Waals surface area contributed by atoms with Crippen LogP contribution in [0.25, 0.3) is 39.5 Å². The van der Waals surface area contributed by atoms with E-state index in [2.05, 4.69) is 27.3 Å². The summed E-state index contributed by atoms with van der Waals surface area (Å²) < 4.78 is 1.98. The van der Waals surface area contributed by atoms with Crippen molar-refractivity contribution in [2.24, 2.45) is 0 Å². The molecule has 1 saturated carbocycles. The summed E-state index contributed by atoms with van der Waals surface area (Å²) in [6.45, 7) is 2.89. The van der Waals surface area contributed by atoms with Gasteiger partial charge in [0.2, 0.25) is 0 Å². The van der Waals surface area contributed by atoms with Gasteiger partial charge in [-0.1, -0.05) is 24.3 Å². The molecular formula is C31H30ClN7O2. The lowest BCUT2D eigenvalue weighted by Crippen LogP contribution is -2.43. The molecule has 1 aliphatic rings. The van der Waals surface area contributed by atoms with Gasteiger partial charge in [-0.25, -0.2) is 19.8 Å². The SMILES string of the molecule is CC(C)(O)C(=O)Nc1cccc(-c2ccc3nc(-c4cccnc4N)n(-c4ccc(C5(NCl)CCC5)cc4)c3n2)c1. The monoisotopic (exact) mass is 567 g/mol. The van der Waals surface area contributed by atoms with Crippen LogP contribution in [-0.4, -0.2) is 36.1 Å². The highest BCUT2D eigenvalue weighted by atomic mass is 35.5. The minimum Gasteiger partial charge on any atom is -0.383 e. The van der Waals surface area contributed by atoms with Gasteiger partial charge in [0, 0.05) is 23.1 Å². The predicted molar refractivity (Wildman–Crippen MR) is 161 cm³/mol.